The van der Waals surface area contributed by atoms with Gasteiger partial charge in [0.05, 0.1) is 5.69 Å². The van der Waals surface area contributed by atoms with E-state index in [4.69, 9.17) is 4.74 Å². The Morgan fingerprint density at radius 3 is 2.43 bits per heavy atom. The molecule has 0 aromatic carbocycles. The third kappa shape index (κ3) is 6.67. The summed E-state index contributed by atoms with van der Waals surface area (Å²) >= 11 is 1.49. The lowest BCUT2D eigenvalue weighted by Crippen LogP contribution is -2.43. The number of piperidine rings is 2. The van der Waals surface area contributed by atoms with Gasteiger partial charge in [0, 0.05) is 44.0 Å². The molecule has 1 aromatic rings. The summed E-state index contributed by atoms with van der Waals surface area (Å²) in [6, 6.07) is 0. The molecule has 3 rings (SSSR count). The van der Waals surface area contributed by atoms with Crippen LogP contribution in [0.25, 0.3) is 0 Å². The van der Waals surface area contributed by atoms with Crippen LogP contribution in [-0.2, 0) is 16.1 Å². The second-order valence-electron chi connectivity index (χ2n) is 10.0. The highest BCUT2D eigenvalue weighted by Gasteiger charge is 2.30. The van der Waals surface area contributed by atoms with Crippen LogP contribution < -0.4 is 5.32 Å². The highest BCUT2D eigenvalue weighted by Crippen LogP contribution is 2.25. The van der Waals surface area contributed by atoms with E-state index in [-0.39, 0.29) is 17.9 Å². The molecule has 1 N–H and O–H groups in total. The molecule has 3 heterocycles. The van der Waals surface area contributed by atoms with E-state index in [1.807, 2.05) is 26.2 Å². The molecule has 2 saturated heterocycles. The summed E-state index contributed by atoms with van der Waals surface area (Å²) in [5.74, 6) is 1.34. The summed E-state index contributed by atoms with van der Waals surface area (Å²) in [7, 11) is 0. The number of ether oxygens (including phenoxy) is 1. The average Bonchev–Trinajstić information content (AvgIpc) is 3.06. The average molecular weight is 437 g/mol. The van der Waals surface area contributed by atoms with E-state index in [9.17, 15) is 9.59 Å². The van der Waals surface area contributed by atoms with Gasteiger partial charge in [-0.3, -0.25) is 9.69 Å². The van der Waals surface area contributed by atoms with Crippen LogP contribution in [0.1, 0.15) is 59.6 Å². The van der Waals surface area contributed by atoms with Crippen molar-refractivity contribution in [3.63, 3.8) is 0 Å². The van der Waals surface area contributed by atoms with Gasteiger partial charge < -0.3 is 15.0 Å². The molecular weight excluding hydrogens is 400 g/mol. The second kappa shape index (κ2) is 9.64. The zero-order valence-electron chi connectivity index (χ0n) is 18.9. The molecule has 0 bridgehead atoms. The van der Waals surface area contributed by atoms with Crippen molar-refractivity contribution >= 4 is 28.5 Å². The second-order valence-corrected chi connectivity index (χ2v) is 10.9. The van der Waals surface area contributed by atoms with Gasteiger partial charge in [-0.1, -0.05) is 13.8 Å². The number of thiazole rings is 1. The fraction of sp³-hybridized carbons (Fsp3) is 0.773. The van der Waals surface area contributed by atoms with Gasteiger partial charge in [-0.2, -0.15) is 0 Å². The number of nitrogens with zero attached hydrogens (tertiary/aromatic N) is 3. The van der Waals surface area contributed by atoms with E-state index in [0.717, 1.165) is 37.2 Å². The van der Waals surface area contributed by atoms with Crippen molar-refractivity contribution in [1.82, 2.24) is 14.8 Å². The van der Waals surface area contributed by atoms with E-state index < -0.39 is 5.60 Å². The molecular formula is C22H36N4O3S. The minimum atomic E-state index is -0.502. The van der Waals surface area contributed by atoms with Crippen molar-refractivity contribution in [2.45, 2.75) is 66.0 Å². The van der Waals surface area contributed by atoms with Gasteiger partial charge in [-0.05, 0) is 51.9 Å². The molecule has 30 heavy (non-hydrogen) atoms. The Bertz CT molecular complexity index is 727. The Kier molecular flexibility index (Phi) is 7.39. The number of likely N-dealkylation sites (tertiary alicyclic amines) is 2. The monoisotopic (exact) mass is 436 g/mol. The smallest absolute Gasteiger partial charge is 0.410 e. The van der Waals surface area contributed by atoms with Crippen molar-refractivity contribution in [3.8, 4) is 0 Å². The Hall–Kier alpha value is -1.67. The summed E-state index contributed by atoms with van der Waals surface area (Å²) < 4.78 is 5.42. The fourth-order valence-electron chi connectivity index (χ4n) is 4.45. The molecule has 2 aliphatic heterocycles. The van der Waals surface area contributed by atoms with Gasteiger partial charge in [-0.25, -0.2) is 9.78 Å². The summed E-state index contributed by atoms with van der Waals surface area (Å²) in [6.45, 7) is 14.4. The molecule has 2 aliphatic rings. The zero-order valence-corrected chi connectivity index (χ0v) is 19.8. The lowest BCUT2D eigenvalue weighted by molar-refractivity contribution is -0.121. The number of rotatable bonds is 4. The normalized spacial score (nSPS) is 24.0. The number of hydrogen-bond acceptors (Lipinski definition) is 6. The summed E-state index contributed by atoms with van der Waals surface area (Å²) in [4.78, 5) is 33.6. The molecule has 8 heteroatoms. The number of carbonyl (C=O) groups is 2. The molecule has 0 spiro atoms. The Morgan fingerprint density at radius 2 is 1.83 bits per heavy atom. The van der Waals surface area contributed by atoms with Gasteiger partial charge in [0.1, 0.15) is 5.60 Å². The van der Waals surface area contributed by atoms with E-state index in [1.165, 1.54) is 17.8 Å². The van der Waals surface area contributed by atoms with Crippen LogP contribution in [0.5, 0.6) is 0 Å². The summed E-state index contributed by atoms with van der Waals surface area (Å²) in [5.41, 5.74) is 0.523. The first kappa shape index (κ1) is 23.0. The van der Waals surface area contributed by atoms with Crippen LogP contribution in [-0.4, -0.2) is 58.6 Å². The largest absolute Gasteiger partial charge is 0.444 e. The fourth-order valence-corrected chi connectivity index (χ4v) is 5.15. The van der Waals surface area contributed by atoms with E-state index in [0.29, 0.717) is 31.1 Å². The number of carbonyl (C=O) groups excluding carboxylic acids is 2. The number of amides is 2. The van der Waals surface area contributed by atoms with Crippen molar-refractivity contribution in [1.29, 1.82) is 0 Å². The maximum Gasteiger partial charge on any atom is 0.410 e. The predicted molar refractivity (Wildman–Crippen MR) is 119 cm³/mol. The molecule has 2 amide bonds. The molecule has 2 atom stereocenters. The maximum absolute atomic E-state index is 12.7. The molecule has 7 nitrogen and oxygen atoms in total. The molecule has 2 fully saturated rings. The quantitative estimate of drug-likeness (QED) is 0.765. The van der Waals surface area contributed by atoms with Crippen LogP contribution in [0.15, 0.2) is 5.38 Å². The van der Waals surface area contributed by atoms with Gasteiger partial charge in [0.25, 0.3) is 0 Å². The maximum atomic E-state index is 12.7. The van der Waals surface area contributed by atoms with E-state index in [2.05, 4.69) is 29.0 Å². The van der Waals surface area contributed by atoms with Crippen LogP contribution in [0.2, 0.25) is 0 Å². The zero-order chi connectivity index (χ0) is 21.9. The number of anilines is 1. The van der Waals surface area contributed by atoms with Crippen molar-refractivity contribution in [2.24, 2.45) is 17.8 Å². The molecule has 0 unspecified atom stereocenters. The topological polar surface area (TPSA) is 74.8 Å². The van der Waals surface area contributed by atoms with Crippen molar-refractivity contribution in [2.75, 3.05) is 31.5 Å². The SMILES string of the molecule is C[C@@H]1C[C@@H](C)CN(Cc2csc(NC(=O)C3CCN(C(=O)OC(C)(C)C)CC3)n2)C1. The highest BCUT2D eigenvalue weighted by atomic mass is 32.1. The first-order valence-corrected chi connectivity index (χ1v) is 11.9. The molecule has 1 aromatic heterocycles. The first-order valence-electron chi connectivity index (χ1n) is 11.0. The number of aromatic nitrogens is 1. The summed E-state index contributed by atoms with van der Waals surface area (Å²) in [6.07, 6.45) is 2.29. The first-order chi connectivity index (χ1) is 14.1. The Morgan fingerprint density at radius 1 is 1.20 bits per heavy atom. The van der Waals surface area contributed by atoms with E-state index in [1.54, 1.807) is 4.90 Å². The predicted octanol–water partition coefficient (Wildman–Crippen LogP) is 4.21. The molecule has 0 aliphatic carbocycles. The molecule has 0 saturated carbocycles. The van der Waals surface area contributed by atoms with E-state index >= 15 is 0 Å². The van der Waals surface area contributed by atoms with Gasteiger partial charge >= 0.3 is 6.09 Å². The lowest BCUT2D eigenvalue weighted by atomic mass is 9.92. The molecule has 0 radical (unpaired) electrons. The third-order valence-corrected chi connectivity index (χ3v) is 6.44. The Balaban J connectivity index is 1.45. The van der Waals surface area contributed by atoms with Crippen LogP contribution in [0, 0.1) is 17.8 Å². The van der Waals surface area contributed by atoms with Gasteiger partial charge in [0.2, 0.25) is 5.91 Å². The van der Waals surface area contributed by atoms with Crippen molar-refractivity contribution < 1.29 is 14.3 Å². The molecule has 168 valence electrons. The van der Waals surface area contributed by atoms with Crippen molar-refractivity contribution in [3.05, 3.63) is 11.1 Å². The van der Waals surface area contributed by atoms with Gasteiger partial charge in [0.15, 0.2) is 5.13 Å². The Labute approximate surface area is 184 Å². The lowest BCUT2D eigenvalue weighted by Gasteiger charge is -2.34. The standard InChI is InChI=1S/C22H36N4O3S/c1-15-10-16(2)12-25(11-15)13-18-14-30-20(23-18)24-19(27)17-6-8-26(9-7-17)21(28)29-22(3,4)5/h14-17H,6-13H2,1-5H3,(H,23,24,27)/t15-,16-/m1/s1. The third-order valence-electron chi connectivity index (χ3n) is 5.63. The summed E-state index contributed by atoms with van der Waals surface area (Å²) in [5, 5.41) is 5.70. The van der Waals surface area contributed by atoms with Crippen LogP contribution in [0.4, 0.5) is 9.93 Å². The number of hydrogen-bond donors (Lipinski definition) is 1. The highest BCUT2D eigenvalue weighted by molar-refractivity contribution is 7.13. The number of nitrogens with one attached hydrogen (secondary N) is 1. The van der Waals surface area contributed by atoms with Crippen LogP contribution >= 0.6 is 11.3 Å². The van der Waals surface area contributed by atoms with Crippen LogP contribution in [0.3, 0.4) is 0 Å². The van der Waals surface area contributed by atoms with Gasteiger partial charge in [-0.15, -0.1) is 11.3 Å². The minimum absolute atomic E-state index is 0.0000410. The minimum Gasteiger partial charge on any atom is -0.444 e.